The first-order chi connectivity index (χ1) is 12.2. The Kier molecular flexibility index (Phi) is 5.78. The van der Waals surface area contributed by atoms with E-state index in [4.69, 9.17) is 16.3 Å². The van der Waals surface area contributed by atoms with Crippen LogP contribution in [0.15, 0.2) is 30.3 Å². The normalized spacial score (nSPS) is 10.2. The second kappa shape index (κ2) is 7.83. The molecular weight excluding hydrogens is 362 g/mol. The van der Waals surface area contributed by atoms with Gasteiger partial charge in [-0.1, -0.05) is 11.6 Å². The lowest BCUT2D eigenvalue weighted by Gasteiger charge is -2.14. The summed E-state index contributed by atoms with van der Waals surface area (Å²) in [5.74, 6) is -0.599. The Hall–Kier alpha value is -3.13. The molecule has 8 nitrogen and oxygen atoms in total. The summed E-state index contributed by atoms with van der Waals surface area (Å²) in [6.45, 7) is 2.98. The number of ether oxygens (including phenoxy) is 1. The predicted octanol–water partition coefficient (Wildman–Crippen LogP) is 3.78. The number of nitro benzene ring substituents is 1. The summed E-state index contributed by atoms with van der Waals surface area (Å²) in [5, 5.41) is 16.2. The fourth-order valence-corrected chi connectivity index (χ4v) is 2.49. The monoisotopic (exact) mass is 377 g/mol. The van der Waals surface area contributed by atoms with Crippen molar-refractivity contribution in [2.75, 3.05) is 17.7 Å². The molecule has 0 aliphatic carbocycles. The third-order valence-corrected chi connectivity index (χ3v) is 3.83. The number of nitro groups is 1. The van der Waals surface area contributed by atoms with Gasteiger partial charge in [-0.3, -0.25) is 19.7 Å². The highest BCUT2D eigenvalue weighted by molar-refractivity contribution is 6.34. The lowest BCUT2D eigenvalue weighted by molar-refractivity contribution is -0.384. The molecule has 2 aromatic carbocycles. The molecule has 2 aromatic rings. The van der Waals surface area contributed by atoms with Crippen LogP contribution in [0.2, 0.25) is 5.02 Å². The van der Waals surface area contributed by atoms with E-state index in [2.05, 4.69) is 10.6 Å². The average molecular weight is 378 g/mol. The van der Waals surface area contributed by atoms with E-state index in [1.807, 2.05) is 0 Å². The van der Waals surface area contributed by atoms with E-state index < -0.39 is 10.8 Å². The van der Waals surface area contributed by atoms with E-state index in [9.17, 15) is 19.7 Å². The van der Waals surface area contributed by atoms with Crippen molar-refractivity contribution in [3.05, 3.63) is 56.6 Å². The van der Waals surface area contributed by atoms with Gasteiger partial charge in [0.25, 0.3) is 11.6 Å². The highest BCUT2D eigenvalue weighted by Gasteiger charge is 2.18. The molecule has 0 aromatic heterocycles. The van der Waals surface area contributed by atoms with Crippen molar-refractivity contribution in [2.24, 2.45) is 0 Å². The van der Waals surface area contributed by atoms with Crippen molar-refractivity contribution in [1.82, 2.24) is 0 Å². The Morgan fingerprint density at radius 3 is 2.38 bits per heavy atom. The van der Waals surface area contributed by atoms with E-state index in [0.717, 1.165) is 0 Å². The van der Waals surface area contributed by atoms with Crippen molar-refractivity contribution in [3.63, 3.8) is 0 Å². The number of carbonyl (C=O) groups excluding carboxylic acids is 2. The Balaban J connectivity index is 2.33. The largest absolute Gasteiger partial charge is 0.496 e. The van der Waals surface area contributed by atoms with E-state index in [0.29, 0.717) is 16.9 Å². The van der Waals surface area contributed by atoms with Gasteiger partial charge in [0.15, 0.2) is 0 Å². The van der Waals surface area contributed by atoms with Crippen LogP contribution in [0.4, 0.5) is 17.1 Å². The van der Waals surface area contributed by atoms with Crippen LogP contribution in [0, 0.1) is 17.0 Å². The van der Waals surface area contributed by atoms with Gasteiger partial charge < -0.3 is 15.4 Å². The summed E-state index contributed by atoms with van der Waals surface area (Å²) >= 11 is 6.11. The summed E-state index contributed by atoms with van der Waals surface area (Å²) in [4.78, 5) is 34.1. The van der Waals surface area contributed by atoms with E-state index in [1.165, 1.54) is 44.4 Å². The van der Waals surface area contributed by atoms with Crippen LogP contribution in [0.3, 0.4) is 0 Å². The first-order valence-electron chi connectivity index (χ1n) is 7.44. The smallest absolute Gasteiger partial charge is 0.269 e. The van der Waals surface area contributed by atoms with Crippen LogP contribution in [0.1, 0.15) is 22.8 Å². The molecule has 0 fully saturated rings. The minimum Gasteiger partial charge on any atom is -0.496 e. The summed E-state index contributed by atoms with van der Waals surface area (Å²) < 4.78 is 5.20. The molecule has 0 spiro atoms. The fourth-order valence-electron chi connectivity index (χ4n) is 2.28. The number of anilines is 2. The molecule has 0 bridgehead atoms. The van der Waals surface area contributed by atoms with Gasteiger partial charge in [0.1, 0.15) is 5.75 Å². The van der Waals surface area contributed by atoms with Gasteiger partial charge in [0.2, 0.25) is 5.91 Å². The number of hydrogen-bond acceptors (Lipinski definition) is 5. The molecule has 2 rings (SSSR count). The molecule has 2 amide bonds. The number of non-ortho nitro benzene ring substituents is 1. The number of nitrogens with zero attached hydrogens (tertiary/aromatic N) is 1. The van der Waals surface area contributed by atoms with Crippen molar-refractivity contribution < 1.29 is 19.2 Å². The molecule has 136 valence electrons. The molecule has 0 saturated heterocycles. The number of rotatable bonds is 5. The van der Waals surface area contributed by atoms with Gasteiger partial charge in [0.05, 0.1) is 28.3 Å². The van der Waals surface area contributed by atoms with Crippen molar-refractivity contribution in [1.29, 1.82) is 0 Å². The van der Waals surface area contributed by atoms with Crippen LogP contribution in [0.5, 0.6) is 5.75 Å². The SMILES string of the molecule is COc1cc(NC(C)=O)c(Cl)cc1C(=O)Nc1ccc([N+](=O)[O-])cc1C. The zero-order valence-corrected chi connectivity index (χ0v) is 15.0. The van der Waals surface area contributed by atoms with Crippen molar-refractivity contribution in [2.45, 2.75) is 13.8 Å². The van der Waals surface area contributed by atoms with Crippen molar-refractivity contribution >= 4 is 40.5 Å². The molecule has 26 heavy (non-hydrogen) atoms. The lowest BCUT2D eigenvalue weighted by atomic mass is 10.1. The topological polar surface area (TPSA) is 111 Å². The Labute approximate surface area is 154 Å². The predicted molar refractivity (Wildman–Crippen MR) is 98.1 cm³/mol. The molecule has 2 N–H and O–H groups in total. The van der Waals surface area contributed by atoms with Gasteiger partial charge in [-0.25, -0.2) is 0 Å². The zero-order valence-electron chi connectivity index (χ0n) is 14.3. The van der Waals surface area contributed by atoms with Crippen LogP contribution in [-0.2, 0) is 4.79 Å². The van der Waals surface area contributed by atoms with Gasteiger partial charge in [-0.2, -0.15) is 0 Å². The maximum Gasteiger partial charge on any atom is 0.269 e. The standard InChI is InChI=1S/C17H16ClN3O5/c1-9-6-11(21(24)25)4-5-14(9)20-17(23)12-7-13(18)15(19-10(2)22)8-16(12)26-3/h4-8H,1-3H3,(H,19,22)(H,20,23). The summed E-state index contributed by atoms with van der Waals surface area (Å²) in [5.41, 5.74) is 1.36. The quantitative estimate of drug-likeness (QED) is 0.608. The molecular formula is C17H16ClN3O5. The summed E-state index contributed by atoms with van der Waals surface area (Å²) in [6.07, 6.45) is 0. The molecule has 0 aliphatic rings. The number of amides is 2. The van der Waals surface area contributed by atoms with Gasteiger partial charge in [-0.05, 0) is 24.6 Å². The average Bonchev–Trinajstić information content (AvgIpc) is 2.57. The Bertz CT molecular complexity index is 898. The van der Waals surface area contributed by atoms with Crippen molar-refractivity contribution in [3.8, 4) is 5.75 Å². The molecule has 0 saturated carbocycles. The highest BCUT2D eigenvalue weighted by atomic mass is 35.5. The van der Waals surface area contributed by atoms with Crippen LogP contribution in [-0.4, -0.2) is 23.8 Å². The van der Waals surface area contributed by atoms with Crippen LogP contribution >= 0.6 is 11.6 Å². The number of benzene rings is 2. The third kappa shape index (κ3) is 4.28. The highest BCUT2D eigenvalue weighted by Crippen LogP contribution is 2.32. The molecule has 0 aliphatic heterocycles. The molecule has 0 heterocycles. The summed E-state index contributed by atoms with van der Waals surface area (Å²) in [6, 6.07) is 6.93. The number of nitrogens with one attached hydrogen (secondary N) is 2. The van der Waals surface area contributed by atoms with Gasteiger partial charge in [0, 0.05) is 30.8 Å². The number of hydrogen-bond donors (Lipinski definition) is 2. The second-order valence-electron chi connectivity index (χ2n) is 5.42. The zero-order chi connectivity index (χ0) is 19.4. The summed E-state index contributed by atoms with van der Waals surface area (Å²) in [7, 11) is 1.38. The molecule has 0 unspecified atom stereocenters. The lowest BCUT2D eigenvalue weighted by Crippen LogP contribution is -2.15. The minimum absolute atomic E-state index is 0.0687. The number of carbonyl (C=O) groups is 2. The fraction of sp³-hybridized carbons (Fsp3) is 0.176. The minimum atomic E-state index is -0.512. The first-order valence-corrected chi connectivity index (χ1v) is 7.82. The second-order valence-corrected chi connectivity index (χ2v) is 5.83. The third-order valence-electron chi connectivity index (χ3n) is 3.51. The molecule has 0 atom stereocenters. The van der Waals surface area contributed by atoms with Crippen LogP contribution in [0.25, 0.3) is 0 Å². The number of halogens is 1. The maximum absolute atomic E-state index is 12.6. The number of aryl methyl sites for hydroxylation is 1. The Morgan fingerprint density at radius 2 is 1.85 bits per heavy atom. The van der Waals surface area contributed by atoms with Gasteiger partial charge in [-0.15, -0.1) is 0 Å². The van der Waals surface area contributed by atoms with Gasteiger partial charge >= 0.3 is 0 Å². The van der Waals surface area contributed by atoms with E-state index in [-0.39, 0.29) is 27.9 Å². The molecule has 9 heteroatoms. The van der Waals surface area contributed by atoms with E-state index >= 15 is 0 Å². The molecule has 0 radical (unpaired) electrons. The maximum atomic E-state index is 12.6. The van der Waals surface area contributed by atoms with E-state index in [1.54, 1.807) is 6.92 Å². The first kappa shape index (κ1) is 19.2. The number of methoxy groups -OCH3 is 1. The van der Waals surface area contributed by atoms with Crippen LogP contribution < -0.4 is 15.4 Å². The Morgan fingerprint density at radius 1 is 1.15 bits per heavy atom.